The lowest BCUT2D eigenvalue weighted by Gasteiger charge is -2.36. The van der Waals surface area contributed by atoms with Gasteiger partial charge in [0, 0.05) is 5.92 Å². The first kappa shape index (κ1) is 19.0. The molecule has 1 saturated carbocycles. The summed E-state index contributed by atoms with van der Waals surface area (Å²) in [4.78, 5) is 24.6. The zero-order valence-electron chi connectivity index (χ0n) is 15.0. The van der Waals surface area contributed by atoms with Crippen LogP contribution in [0.3, 0.4) is 0 Å². The van der Waals surface area contributed by atoms with Gasteiger partial charge in [-0.1, -0.05) is 34.1 Å². The molecule has 1 unspecified atom stereocenters. The number of hydrogen-bond donors (Lipinski definition) is 1. The number of rotatable bonds is 6. The molecule has 128 valence electrons. The molecule has 0 heterocycles. The molecule has 1 aliphatic carbocycles. The molecule has 1 fully saturated rings. The fourth-order valence-electron chi connectivity index (χ4n) is 3.27. The molecular weight excluding hydrogens is 278 g/mol. The van der Waals surface area contributed by atoms with E-state index in [0.717, 1.165) is 19.3 Å². The maximum absolute atomic E-state index is 12.6. The zero-order valence-corrected chi connectivity index (χ0v) is 15.0. The van der Waals surface area contributed by atoms with Crippen LogP contribution in [0.4, 0.5) is 0 Å². The summed E-state index contributed by atoms with van der Waals surface area (Å²) in [7, 11) is 0. The number of amides is 1. The summed E-state index contributed by atoms with van der Waals surface area (Å²) >= 11 is 0. The van der Waals surface area contributed by atoms with Gasteiger partial charge in [-0.2, -0.15) is 0 Å². The predicted molar refractivity (Wildman–Crippen MR) is 88.3 cm³/mol. The van der Waals surface area contributed by atoms with Gasteiger partial charge in [-0.15, -0.1) is 0 Å². The van der Waals surface area contributed by atoms with Gasteiger partial charge in [0.25, 0.3) is 0 Å². The fraction of sp³-hybridized carbons (Fsp3) is 0.889. The van der Waals surface area contributed by atoms with Crippen LogP contribution in [0.1, 0.15) is 67.2 Å². The minimum absolute atomic E-state index is 0.0128. The van der Waals surface area contributed by atoms with Crippen LogP contribution in [0.25, 0.3) is 0 Å². The lowest BCUT2D eigenvalue weighted by atomic mass is 9.69. The summed E-state index contributed by atoms with van der Waals surface area (Å²) in [5.74, 6) is 1.17. The highest BCUT2D eigenvalue weighted by atomic mass is 16.5. The molecule has 1 N–H and O–H groups in total. The minimum Gasteiger partial charge on any atom is -0.461 e. The van der Waals surface area contributed by atoms with Crippen molar-refractivity contribution in [1.29, 1.82) is 0 Å². The van der Waals surface area contributed by atoms with Crippen molar-refractivity contribution in [1.82, 2.24) is 5.32 Å². The van der Waals surface area contributed by atoms with Gasteiger partial charge in [0.15, 0.2) is 0 Å². The van der Waals surface area contributed by atoms with Gasteiger partial charge in [-0.3, -0.25) is 4.79 Å². The van der Waals surface area contributed by atoms with E-state index < -0.39 is 6.04 Å². The van der Waals surface area contributed by atoms with E-state index in [0.29, 0.717) is 17.8 Å². The van der Waals surface area contributed by atoms with Crippen LogP contribution < -0.4 is 5.32 Å². The van der Waals surface area contributed by atoms with E-state index >= 15 is 0 Å². The highest BCUT2D eigenvalue weighted by molar-refractivity contribution is 5.85. The molecule has 5 atom stereocenters. The lowest BCUT2D eigenvalue weighted by Crippen LogP contribution is -2.46. The Labute approximate surface area is 135 Å². The summed E-state index contributed by atoms with van der Waals surface area (Å²) in [5, 5.41) is 2.87. The van der Waals surface area contributed by atoms with Crippen LogP contribution in [-0.4, -0.2) is 24.0 Å². The lowest BCUT2D eigenvalue weighted by molar-refractivity contribution is -0.152. The third kappa shape index (κ3) is 5.29. The summed E-state index contributed by atoms with van der Waals surface area (Å²) in [6, 6.07) is -0.577. The average Bonchev–Trinajstić information content (AvgIpc) is 2.46. The van der Waals surface area contributed by atoms with Gasteiger partial charge < -0.3 is 10.1 Å². The molecule has 22 heavy (non-hydrogen) atoms. The largest absolute Gasteiger partial charge is 0.461 e. The number of esters is 1. The van der Waals surface area contributed by atoms with E-state index in [1.54, 1.807) is 6.92 Å². The van der Waals surface area contributed by atoms with E-state index in [9.17, 15) is 9.59 Å². The Bertz CT molecular complexity index is 381. The molecule has 4 heteroatoms. The molecule has 0 saturated heterocycles. The van der Waals surface area contributed by atoms with Gasteiger partial charge in [0.1, 0.15) is 6.04 Å². The van der Waals surface area contributed by atoms with Gasteiger partial charge in [0.05, 0.1) is 6.10 Å². The number of ether oxygens (including phenoxy) is 1. The van der Waals surface area contributed by atoms with Gasteiger partial charge >= 0.3 is 5.97 Å². The number of carbonyl (C=O) groups excluding carboxylic acids is 2. The monoisotopic (exact) mass is 311 g/mol. The quantitative estimate of drug-likeness (QED) is 0.763. The molecule has 0 bridgehead atoms. The normalized spacial score (nSPS) is 28.0. The SMILES string of the molecule is CC[C@@H](C)OC(=O)C(C)NC(=O)[C@@H]1C[C@H](C)CC[C@H]1C(C)C. The van der Waals surface area contributed by atoms with Crippen LogP contribution in [0.15, 0.2) is 0 Å². The third-order valence-corrected chi connectivity index (χ3v) is 4.96. The standard InChI is InChI=1S/C18H33NO3/c1-7-13(5)22-18(21)14(6)19-17(20)16-10-12(4)8-9-15(16)11(2)3/h11-16H,7-10H2,1-6H3,(H,19,20)/t12-,13-,14?,15+,16-/m1/s1. The molecule has 0 aromatic heterocycles. The van der Waals surface area contributed by atoms with E-state index in [2.05, 4.69) is 26.1 Å². The maximum Gasteiger partial charge on any atom is 0.328 e. The topological polar surface area (TPSA) is 55.4 Å². The summed E-state index contributed by atoms with van der Waals surface area (Å²) < 4.78 is 5.29. The van der Waals surface area contributed by atoms with E-state index in [1.165, 1.54) is 6.42 Å². The molecule has 0 aromatic rings. The Morgan fingerprint density at radius 2 is 1.82 bits per heavy atom. The molecule has 1 aliphatic rings. The smallest absolute Gasteiger partial charge is 0.328 e. The van der Waals surface area contributed by atoms with Crippen LogP contribution in [0.2, 0.25) is 0 Å². The first-order valence-corrected chi connectivity index (χ1v) is 8.77. The van der Waals surface area contributed by atoms with Crippen molar-refractivity contribution in [3.8, 4) is 0 Å². The Morgan fingerprint density at radius 3 is 2.36 bits per heavy atom. The van der Waals surface area contributed by atoms with E-state index in [1.807, 2.05) is 13.8 Å². The second-order valence-corrected chi connectivity index (χ2v) is 7.32. The van der Waals surface area contributed by atoms with Crippen molar-refractivity contribution < 1.29 is 14.3 Å². The number of nitrogens with one attached hydrogen (secondary N) is 1. The van der Waals surface area contributed by atoms with Crippen molar-refractivity contribution >= 4 is 11.9 Å². The summed E-state index contributed by atoms with van der Waals surface area (Å²) in [5.41, 5.74) is 0. The van der Waals surface area contributed by atoms with Crippen molar-refractivity contribution in [2.45, 2.75) is 79.4 Å². The molecule has 0 aliphatic heterocycles. The van der Waals surface area contributed by atoms with Crippen LogP contribution >= 0.6 is 0 Å². The van der Waals surface area contributed by atoms with Crippen LogP contribution in [0, 0.1) is 23.7 Å². The van der Waals surface area contributed by atoms with Crippen molar-refractivity contribution in [2.75, 3.05) is 0 Å². The predicted octanol–water partition coefficient (Wildman–Crippen LogP) is 3.54. The highest BCUT2D eigenvalue weighted by Gasteiger charge is 2.36. The second kappa shape index (κ2) is 8.54. The Kier molecular flexibility index (Phi) is 7.37. The molecule has 1 rings (SSSR count). The van der Waals surface area contributed by atoms with Gasteiger partial charge in [0.2, 0.25) is 5.91 Å². The Hall–Kier alpha value is -1.06. The average molecular weight is 311 g/mol. The van der Waals surface area contributed by atoms with E-state index in [4.69, 9.17) is 4.74 Å². The second-order valence-electron chi connectivity index (χ2n) is 7.32. The molecular formula is C18H33NO3. The number of carbonyl (C=O) groups is 2. The van der Waals surface area contributed by atoms with Crippen LogP contribution in [0.5, 0.6) is 0 Å². The molecule has 4 nitrogen and oxygen atoms in total. The first-order valence-electron chi connectivity index (χ1n) is 8.77. The fourth-order valence-corrected chi connectivity index (χ4v) is 3.27. The maximum atomic E-state index is 12.6. The Morgan fingerprint density at radius 1 is 1.18 bits per heavy atom. The molecule has 1 amide bonds. The zero-order chi connectivity index (χ0) is 16.9. The van der Waals surface area contributed by atoms with Gasteiger partial charge in [-0.25, -0.2) is 4.79 Å². The summed E-state index contributed by atoms with van der Waals surface area (Å²) in [6.45, 7) is 12.1. The van der Waals surface area contributed by atoms with E-state index in [-0.39, 0.29) is 23.9 Å². The Balaban J connectivity index is 2.63. The molecule has 0 aromatic carbocycles. The highest BCUT2D eigenvalue weighted by Crippen LogP contribution is 2.38. The summed E-state index contributed by atoms with van der Waals surface area (Å²) in [6.07, 6.45) is 3.88. The molecule has 0 spiro atoms. The minimum atomic E-state index is -0.577. The van der Waals surface area contributed by atoms with Crippen molar-refractivity contribution in [2.24, 2.45) is 23.7 Å². The van der Waals surface area contributed by atoms with Crippen molar-refractivity contribution in [3.05, 3.63) is 0 Å². The molecule has 0 radical (unpaired) electrons. The van der Waals surface area contributed by atoms with Crippen molar-refractivity contribution in [3.63, 3.8) is 0 Å². The van der Waals surface area contributed by atoms with Crippen LogP contribution in [-0.2, 0) is 14.3 Å². The van der Waals surface area contributed by atoms with Gasteiger partial charge in [-0.05, 0) is 50.9 Å². The first-order chi connectivity index (χ1) is 10.3. The number of hydrogen-bond acceptors (Lipinski definition) is 3. The third-order valence-electron chi connectivity index (χ3n) is 4.96.